The Morgan fingerprint density at radius 3 is 2.46 bits per heavy atom. The van der Waals surface area contributed by atoms with Crippen LogP contribution in [0.25, 0.3) is 10.9 Å². The molecule has 2 aromatic carbocycles. The van der Waals surface area contributed by atoms with Gasteiger partial charge in [-0.2, -0.15) is 0 Å². The van der Waals surface area contributed by atoms with Gasteiger partial charge < -0.3 is 9.88 Å². The molecule has 1 N–H and O–H groups in total. The molecule has 1 saturated heterocycles. The minimum atomic E-state index is -0.355. The molecule has 0 saturated carbocycles. The van der Waals surface area contributed by atoms with Crippen LogP contribution >= 0.6 is 0 Å². The summed E-state index contributed by atoms with van der Waals surface area (Å²) in [4.78, 5) is 18.5. The Bertz CT molecular complexity index is 896. The van der Waals surface area contributed by atoms with Crippen LogP contribution in [0.2, 0.25) is 0 Å². The third-order valence-corrected chi connectivity index (χ3v) is 5.17. The summed E-state index contributed by atoms with van der Waals surface area (Å²) in [5.41, 5.74) is 3.78. The number of aromatic nitrogens is 1. The second kappa shape index (κ2) is 7.17. The zero-order valence-corrected chi connectivity index (χ0v) is 14.6. The van der Waals surface area contributed by atoms with Crippen molar-refractivity contribution < 1.29 is 4.92 Å². The molecule has 0 aliphatic carbocycles. The highest BCUT2D eigenvalue weighted by Gasteiger charge is 2.18. The quantitative estimate of drug-likeness (QED) is 0.565. The monoisotopic (exact) mass is 350 g/mol. The molecule has 1 aliphatic heterocycles. The summed E-state index contributed by atoms with van der Waals surface area (Å²) in [6.45, 7) is 4.98. The van der Waals surface area contributed by atoms with Gasteiger partial charge in [0.2, 0.25) is 0 Å². The van der Waals surface area contributed by atoms with Gasteiger partial charge in [0.25, 0.3) is 5.69 Å². The van der Waals surface area contributed by atoms with E-state index in [0.29, 0.717) is 0 Å². The van der Waals surface area contributed by atoms with Crippen molar-refractivity contribution in [3.05, 3.63) is 70.4 Å². The van der Waals surface area contributed by atoms with E-state index in [4.69, 9.17) is 0 Å². The first kappa shape index (κ1) is 16.6. The van der Waals surface area contributed by atoms with Gasteiger partial charge >= 0.3 is 0 Å². The molecule has 6 heteroatoms. The number of non-ortho nitro benzene ring substituents is 1. The molecule has 0 atom stereocenters. The zero-order chi connectivity index (χ0) is 17.9. The maximum Gasteiger partial charge on any atom is 0.269 e. The minimum absolute atomic E-state index is 0.145. The maximum atomic E-state index is 10.8. The fraction of sp³-hybridized carbons (Fsp3) is 0.300. The summed E-state index contributed by atoms with van der Waals surface area (Å²) in [6.07, 6.45) is 3.17. The van der Waals surface area contributed by atoms with Crippen molar-refractivity contribution in [2.75, 3.05) is 37.6 Å². The highest BCUT2D eigenvalue weighted by atomic mass is 16.6. The normalized spacial score (nSPS) is 15.5. The van der Waals surface area contributed by atoms with Gasteiger partial charge in [0.05, 0.1) is 4.92 Å². The Morgan fingerprint density at radius 1 is 1.00 bits per heavy atom. The Hall–Kier alpha value is -2.86. The number of aromatic amines is 1. The summed E-state index contributed by atoms with van der Waals surface area (Å²) in [7, 11) is 0. The summed E-state index contributed by atoms with van der Waals surface area (Å²) < 4.78 is 0. The number of nitro benzene ring substituents is 1. The standard InChI is InChI=1S/C20H22N4O2/c25-24(26)18-7-5-17(6-8-18)23-13-11-22(12-14-23)10-9-16-15-21-20-4-2-1-3-19(16)20/h1-8,15,21H,9-14H2. The molecule has 0 amide bonds. The number of nitro groups is 1. The van der Waals surface area contributed by atoms with Gasteiger partial charge in [-0.05, 0) is 30.2 Å². The topological polar surface area (TPSA) is 65.4 Å². The number of nitrogens with one attached hydrogen (secondary N) is 1. The summed E-state index contributed by atoms with van der Waals surface area (Å²) in [6, 6.07) is 15.3. The fourth-order valence-electron chi connectivity index (χ4n) is 3.63. The predicted octanol–water partition coefficient (Wildman–Crippen LogP) is 3.44. The van der Waals surface area contributed by atoms with Crippen LogP contribution in [0.3, 0.4) is 0 Å². The lowest BCUT2D eigenvalue weighted by Crippen LogP contribution is -2.46. The fourth-order valence-corrected chi connectivity index (χ4v) is 3.63. The van der Waals surface area contributed by atoms with Crippen LogP contribution < -0.4 is 4.90 Å². The molecule has 0 bridgehead atoms. The Morgan fingerprint density at radius 2 is 1.73 bits per heavy atom. The molecule has 1 aliphatic rings. The Balaban J connectivity index is 1.31. The van der Waals surface area contributed by atoms with Crippen LogP contribution in [0, 0.1) is 10.1 Å². The van der Waals surface area contributed by atoms with Crippen molar-refractivity contribution >= 4 is 22.3 Å². The highest BCUT2D eigenvalue weighted by Crippen LogP contribution is 2.21. The molecule has 0 spiro atoms. The van der Waals surface area contributed by atoms with Crippen molar-refractivity contribution in [3.63, 3.8) is 0 Å². The van der Waals surface area contributed by atoms with Crippen molar-refractivity contribution in [2.24, 2.45) is 0 Å². The molecule has 0 radical (unpaired) electrons. The van der Waals surface area contributed by atoms with E-state index < -0.39 is 0 Å². The molecule has 0 unspecified atom stereocenters. The number of H-pyrrole nitrogens is 1. The molecular formula is C20H22N4O2. The average molecular weight is 350 g/mol. The van der Waals surface area contributed by atoms with E-state index >= 15 is 0 Å². The number of piperazine rings is 1. The van der Waals surface area contributed by atoms with Gasteiger partial charge in [-0.15, -0.1) is 0 Å². The molecule has 134 valence electrons. The molecule has 6 nitrogen and oxygen atoms in total. The summed E-state index contributed by atoms with van der Waals surface area (Å²) in [5, 5.41) is 12.1. The number of rotatable bonds is 5. The molecule has 2 heterocycles. The molecule has 26 heavy (non-hydrogen) atoms. The number of fused-ring (bicyclic) bond motifs is 1. The van der Waals surface area contributed by atoms with Crippen LogP contribution in [0.1, 0.15) is 5.56 Å². The SMILES string of the molecule is O=[N+]([O-])c1ccc(N2CCN(CCc3c[nH]c4ccccc34)CC2)cc1. The van der Waals surface area contributed by atoms with Crippen LogP contribution in [-0.4, -0.2) is 47.5 Å². The van der Waals surface area contributed by atoms with E-state index in [1.165, 1.54) is 16.5 Å². The van der Waals surface area contributed by atoms with Crippen LogP contribution in [-0.2, 0) is 6.42 Å². The maximum absolute atomic E-state index is 10.8. The van der Waals surface area contributed by atoms with E-state index in [2.05, 4.69) is 45.2 Å². The third kappa shape index (κ3) is 3.41. The van der Waals surface area contributed by atoms with Crippen LogP contribution in [0.5, 0.6) is 0 Å². The molecule has 4 rings (SSSR count). The average Bonchev–Trinajstić information content (AvgIpc) is 3.10. The molecule has 1 aromatic heterocycles. The number of hydrogen-bond donors (Lipinski definition) is 1. The van der Waals surface area contributed by atoms with Gasteiger partial charge in [-0.1, -0.05) is 18.2 Å². The predicted molar refractivity (Wildman–Crippen MR) is 104 cm³/mol. The highest BCUT2D eigenvalue weighted by molar-refractivity contribution is 5.83. The lowest BCUT2D eigenvalue weighted by Gasteiger charge is -2.36. The van der Waals surface area contributed by atoms with E-state index in [-0.39, 0.29) is 10.6 Å². The number of benzene rings is 2. The van der Waals surface area contributed by atoms with E-state index in [1.54, 1.807) is 12.1 Å². The summed E-state index contributed by atoms with van der Waals surface area (Å²) >= 11 is 0. The van der Waals surface area contributed by atoms with Crippen molar-refractivity contribution in [1.82, 2.24) is 9.88 Å². The lowest BCUT2D eigenvalue weighted by atomic mass is 10.1. The number of hydrogen-bond acceptors (Lipinski definition) is 4. The third-order valence-electron chi connectivity index (χ3n) is 5.17. The van der Waals surface area contributed by atoms with Crippen molar-refractivity contribution in [2.45, 2.75) is 6.42 Å². The Labute approximate surface area is 152 Å². The van der Waals surface area contributed by atoms with Crippen LogP contribution in [0.15, 0.2) is 54.7 Å². The van der Waals surface area contributed by atoms with Gasteiger partial charge in [-0.3, -0.25) is 15.0 Å². The lowest BCUT2D eigenvalue weighted by molar-refractivity contribution is -0.384. The largest absolute Gasteiger partial charge is 0.369 e. The van der Waals surface area contributed by atoms with Crippen molar-refractivity contribution in [1.29, 1.82) is 0 Å². The first-order valence-electron chi connectivity index (χ1n) is 8.97. The zero-order valence-electron chi connectivity index (χ0n) is 14.6. The number of nitrogens with zero attached hydrogens (tertiary/aromatic N) is 3. The number of para-hydroxylation sites is 1. The minimum Gasteiger partial charge on any atom is -0.369 e. The van der Waals surface area contributed by atoms with Gasteiger partial charge in [0.15, 0.2) is 0 Å². The van der Waals surface area contributed by atoms with Gasteiger partial charge in [0, 0.05) is 67.6 Å². The first-order valence-corrected chi connectivity index (χ1v) is 8.97. The second-order valence-corrected chi connectivity index (χ2v) is 6.71. The first-order chi connectivity index (χ1) is 12.7. The van der Waals surface area contributed by atoms with Gasteiger partial charge in [-0.25, -0.2) is 0 Å². The number of anilines is 1. The second-order valence-electron chi connectivity index (χ2n) is 6.71. The smallest absolute Gasteiger partial charge is 0.269 e. The summed E-state index contributed by atoms with van der Waals surface area (Å²) in [5.74, 6) is 0. The van der Waals surface area contributed by atoms with Crippen molar-refractivity contribution in [3.8, 4) is 0 Å². The van der Waals surface area contributed by atoms with Gasteiger partial charge in [0.1, 0.15) is 0 Å². The van der Waals surface area contributed by atoms with E-state index in [1.807, 2.05) is 12.1 Å². The van der Waals surface area contributed by atoms with E-state index in [0.717, 1.165) is 44.8 Å². The Kier molecular flexibility index (Phi) is 4.58. The van der Waals surface area contributed by atoms with Crippen LogP contribution in [0.4, 0.5) is 11.4 Å². The molecule has 3 aromatic rings. The molecular weight excluding hydrogens is 328 g/mol. The van der Waals surface area contributed by atoms with E-state index in [9.17, 15) is 10.1 Å². The molecule has 1 fully saturated rings.